The highest BCUT2D eigenvalue weighted by atomic mass is 35.5. The fourth-order valence-corrected chi connectivity index (χ4v) is 1.47. The Hall–Kier alpha value is -1.25. The number of imidazole rings is 1. The van der Waals surface area contributed by atoms with E-state index in [0.717, 1.165) is 11.4 Å². The molecule has 76 valence electrons. The lowest BCUT2D eigenvalue weighted by atomic mass is 10.2. The van der Waals surface area contributed by atoms with Gasteiger partial charge in [-0.15, -0.1) is 0 Å². The fourth-order valence-electron chi connectivity index (χ4n) is 1.16. The van der Waals surface area contributed by atoms with Crippen LogP contribution in [0.4, 0.5) is 0 Å². The van der Waals surface area contributed by atoms with Crippen molar-refractivity contribution in [1.82, 2.24) is 9.97 Å². The Morgan fingerprint density at radius 1 is 1.13 bits per heavy atom. The van der Waals surface area contributed by atoms with E-state index in [-0.39, 0.29) is 0 Å². The van der Waals surface area contributed by atoms with Crippen LogP contribution in [0.25, 0.3) is 12.2 Å². The molecule has 2 rings (SSSR count). The van der Waals surface area contributed by atoms with E-state index in [1.807, 2.05) is 24.3 Å². The standard InChI is InChI=1S/C11H8Cl2N2/c12-9-3-1-8(7-10(9)13)2-4-11-14-5-6-15-11/h1-7H,(H,14,15). The van der Waals surface area contributed by atoms with Crippen LogP contribution in [0.1, 0.15) is 11.4 Å². The minimum absolute atomic E-state index is 0.554. The minimum Gasteiger partial charge on any atom is -0.345 e. The van der Waals surface area contributed by atoms with Crippen LogP contribution in [0.2, 0.25) is 10.0 Å². The molecule has 0 spiro atoms. The number of H-pyrrole nitrogens is 1. The summed E-state index contributed by atoms with van der Waals surface area (Å²) in [5, 5.41) is 1.12. The first kappa shape index (κ1) is 10.3. The van der Waals surface area contributed by atoms with Gasteiger partial charge in [-0.2, -0.15) is 0 Å². The number of hydrogen-bond acceptors (Lipinski definition) is 1. The lowest BCUT2D eigenvalue weighted by Crippen LogP contribution is -1.75. The van der Waals surface area contributed by atoms with Gasteiger partial charge in [0.05, 0.1) is 10.0 Å². The molecular formula is C11H8Cl2N2. The predicted octanol–water partition coefficient (Wildman–Crippen LogP) is 3.89. The molecule has 2 nitrogen and oxygen atoms in total. The highest BCUT2D eigenvalue weighted by Crippen LogP contribution is 2.23. The van der Waals surface area contributed by atoms with Gasteiger partial charge >= 0.3 is 0 Å². The lowest BCUT2D eigenvalue weighted by molar-refractivity contribution is 1.27. The third-order valence-corrected chi connectivity index (χ3v) is 2.64. The zero-order chi connectivity index (χ0) is 10.7. The van der Waals surface area contributed by atoms with Crippen molar-refractivity contribution in [2.45, 2.75) is 0 Å². The monoisotopic (exact) mass is 238 g/mol. The molecule has 2 aromatic rings. The van der Waals surface area contributed by atoms with Crippen LogP contribution in [0.15, 0.2) is 30.6 Å². The van der Waals surface area contributed by atoms with Crippen molar-refractivity contribution < 1.29 is 0 Å². The summed E-state index contributed by atoms with van der Waals surface area (Å²) in [4.78, 5) is 7.05. The summed E-state index contributed by atoms with van der Waals surface area (Å²) in [7, 11) is 0. The van der Waals surface area contributed by atoms with Crippen molar-refractivity contribution in [3.8, 4) is 0 Å². The van der Waals surface area contributed by atoms with Crippen molar-refractivity contribution in [1.29, 1.82) is 0 Å². The van der Waals surface area contributed by atoms with Gasteiger partial charge in [-0.25, -0.2) is 4.98 Å². The number of nitrogens with one attached hydrogen (secondary N) is 1. The maximum Gasteiger partial charge on any atom is 0.129 e. The van der Waals surface area contributed by atoms with Crippen molar-refractivity contribution in [2.24, 2.45) is 0 Å². The van der Waals surface area contributed by atoms with Gasteiger partial charge in [0.1, 0.15) is 5.82 Å². The second-order valence-electron chi connectivity index (χ2n) is 2.98. The quantitative estimate of drug-likeness (QED) is 0.846. The van der Waals surface area contributed by atoms with E-state index in [2.05, 4.69) is 9.97 Å². The van der Waals surface area contributed by atoms with Gasteiger partial charge in [-0.3, -0.25) is 0 Å². The number of nitrogens with zero attached hydrogens (tertiary/aromatic N) is 1. The molecule has 1 heterocycles. The van der Waals surface area contributed by atoms with Crippen molar-refractivity contribution in [2.75, 3.05) is 0 Å². The van der Waals surface area contributed by atoms with Crippen molar-refractivity contribution in [3.05, 3.63) is 52.0 Å². The van der Waals surface area contributed by atoms with Crippen LogP contribution < -0.4 is 0 Å². The Morgan fingerprint density at radius 3 is 2.67 bits per heavy atom. The summed E-state index contributed by atoms with van der Waals surface area (Å²) in [6.07, 6.45) is 7.27. The van der Waals surface area contributed by atoms with Crippen LogP contribution in [-0.2, 0) is 0 Å². The second-order valence-corrected chi connectivity index (χ2v) is 3.80. The predicted molar refractivity (Wildman–Crippen MR) is 64.0 cm³/mol. The van der Waals surface area contributed by atoms with Gasteiger partial charge in [0.2, 0.25) is 0 Å². The molecule has 0 aliphatic carbocycles. The molecule has 0 radical (unpaired) electrons. The molecule has 1 N–H and O–H groups in total. The Bertz CT molecular complexity index is 475. The van der Waals surface area contributed by atoms with Gasteiger partial charge in [0, 0.05) is 12.4 Å². The zero-order valence-electron chi connectivity index (χ0n) is 7.74. The molecule has 4 heteroatoms. The van der Waals surface area contributed by atoms with Crippen LogP contribution in [0.5, 0.6) is 0 Å². The maximum atomic E-state index is 5.89. The molecule has 0 unspecified atom stereocenters. The average Bonchev–Trinajstić information content (AvgIpc) is 2.73. The van der Waals surface area contributed by atoms with Gasteiger partial charge in [-0.1, -0.05) is 35.3 Å². The van der Waals surface area contributed by atoms with Gasteiger partial charge in [0.25, 0.3) is 0 Å². The molecule has 0 bridgehead atoms. The first-order valence-corrected chi connectivity index (χ1v) is 5.14. The van der Waals surface area contributed by atoms with E-state index >= 15 is 0 Å². The Kier molecular flexibility index (Phi) is 3.09. The first-order chi connectivity index (χ1) is 7.25. The summed E-state index contributed by atoms with van der Waals surface area (Å²) in [6, 6.07) is 5.47. The SMILES string of the molecule is Clc1ccc(C=Cc2ncc[nH]2)cc1Cl. The third kappa shape index (κ3) is 2.61. The minimum atomic E-state index is 0.554. The molecule has 0 aliphatic rings. The molecule has 0 aliphatic heterocycles. The second kappa shape index (κ2) is 4.51. The number of rotatable bonds is 2. The van der Waals surface area contributed by atoms with E-state index in [1.165, 1.54) is 0 Å². The van der Waals surface area contributed by atoms with Crippen LogP contribution in [0.3, 0.4) is 0 Å². The summed E-state index contributed by atoms with van der Waals surface area (Å²) in [5.74, 6) is 0.807. The van der Waals surface area contributed by atoms with E-state index in [9.17, 15) is 0 Å². The van der Waals surface area contributed by atoms with E-state index < -0.39 is 0 Å². The first-order valence-electron chi connectivity index (χ1n) is 4.38. The molecule has 0 fully saturated rings. The van der Waals surface area contributed by atoms with Gasteiger partial charge in [0.15, 0.2) is 0 Å². The number of hydrogen-bond donors (Lipinski definition) is 1. The Morgan fingerprint density at radius 2 is 2.00 bits per heavy atom. The fraction of sp³-hybridized carbons (Fsp3) is 0. The topological polar surface area (TPSA) is 28.7 Å². The Balaban J connectivity index is 2.21. The third-order valence-electron chi connectivity index (χ3n) is 1.90. The lowest BCUT2D eigenvalue weighted by Gasteiger charge is -1.96. The van der Waals surface area contributed by atoms with Crippen molar-refractivity contribution >= 4 is 35.4 Å². The summed E-state index contributed by atoms with van der Waals surface area (Å²) >= 11 is 11.7. The summed E-state index contributed by atoms with van der Waals surface area (Å²) < 4.78 is 0. The van der Waals surface area contributed by atoms with Gasteiger partial charge < -0.3 is 4.98 Å². The number of aromatic amines is 1. The average molecular weight is 239 g/mol. The largest absolute Gasteiger partial charge is 0.345 e. The zero-order valence-corrected chi connectivity index (χ0v) is 9.26. The number of aromatic nitrogens is 2. The number of halogens is 2. The number of benzene rings is 1. The molecule has 0 saturated heterocycles. The van der Waals surface area contributed by atoms with Crippen LogP contribution in [-0.4, -0.2) is 9.97 Å². The molecule has 0 saturated carbocycles. The van der Waals surface area contributed by atoms with E-state index in [1.54, 1.807) is 18.5 Å². The van der Waals surface area contributed by atoms with Crippen LogP contribution in [0, 0.1) is 0 Å². The summed E-state index contributed by atoms with van der Waals surface area (Å²) in [5.41, 5.74) is 0.987. The summed E-state index contributed by atoms with van der Waals surface area (Å²) in [6.45, 7) is 0. The molecule has 0 amide bonds. The molecular weight excluding hydrogens is 231 g/mol. The normalized spacial score (nSPS) is 11.1. The smallest absolute Gasteiger partial charge is 0.129 e. The Labute approximate surface area is 97.6 Å². The van der Waals surface area contributed by atoms with Crippen LogP contribution >= 0.6 is 23.2 Å². The highest BCUT2D eigenvalue weighted by molar-refractivity contribution is 6.42. The molecule has 1 aromatic carbocycles. The molecule has 0 atom stereocenters. The maximum absolute atomic E-state index is 5.89. The molecule has 15 heavy (non-hydrogen) atoms. The highest BCUT2D eigenvalue weighted by Gasteiger charge is 1.96. The van der Waals surface area contributed by atoms with Crippen molar-refractivity contribution in [3.63, 3.8) is 0 Å². The van der Waals surface area contributed by atoms with E-state index in [0.29, 0.717) is 10.0 Å². The molecule has 1 aromatic heterocycles. The van der Waals surface area contributed by atoms with E-state index in [4.69, 9.17) is 23.2 Å². The van der Waals surface area contributed by atoms with Gasteiger partial charge in [-0.05, 0) is 23.8 Å².